The molecule has 2 rings (SSSR count). The highest BCUT2D eigenvalue weighted by Gasteiger charge is 2.18. The zero-order chi connectivity index (χ0) is 18.1. The van der Waals surface area contributed by atoms with Crippen LogP contribution in [-0.2, 0) is 19.9 Å². The third-order valence-corrected chi connectivity index (χ3v) is 6.95. The van der Waals surface area contributed by atoms with E-state index in [1.807, 2.05) is 0 Å². The molecule has 0 heterocycles. The molecule has 0 atom stereocenters. The maximum Gasteiger partial charge on any atom is 0.261 e. The van der Waals surface area contributed by atoms with Gasteiger partial charge >= 0.3 is 0 Å². The van der Waals surface area contributed by atoms with Crippen LogP contribution < -0.4 is 10.5 Å². The fraction of sp³-hybridized carbons (Fsp3) is 0.143. The molecule has 0 amide bonds. The van der Waals surface area contributed by atoms with Crippen molar-refractivity contribution in [2.24, 2.45) is 0 Å². The lowest BCUT2D eigenvalue weighted by Crippen LogP contribution is -2.13. The highest BCUT2D eigenvalue weighted by Crippen LogP contribution is 2.31. The number of hydrogen-bond acceptors (Lipinski definition) is 5. The first kappa shape index (κ1) is 18.9. The average molecular weight is 409 g/mol. The fourth-order valence-corrected chi connectivity index (χ4v) is 4.44. The van der Waals surface area contributed by atoms with Crippen LogP contribution in [0.5, 0.6) is 0 Å². The highest BCUT2D eigenvalue weighted by atomic mass is 35.5. The van der Waals surface area contributed by atoms with Gasteiger partial charge in [-0.1, -0.05) is 30.1 Å². The summed E-state index contributed by atoms with van der Waals surface area (Å²) >= 11 is 11.7. The molecule has 0 saturated carbocycles. The Bertz CT molecular complexity index is 949. The SMILES string of the molecule is CCS(=O)(=O)c1ccc(NS(=O)(=O)c2cc(Cl)c(N)c(Cl)c2)cc1. The van der Waals surface area contributed by atoms with Gasteiger partial charge < -0.3 is 5.73 Å². The molecule has 0 unspecified atom stereocenters. The Labute approximate surface area is 150 Å². The molecular weight excluding hydrogens is 395 g/mol. The van der Waals surface area contributed by atoms with Gasteiger partial charge in [-0.25, -0.2) is 16.8 Å². The fourth-order valence-electron chi connectivity index (χ4n) is 1.83. The van der Waals surface area contributed by atoms with Gasteiger partial charge in [0.2, 0.25) is 0 Å². The molecular formula is C14H14Cl2N2O4S2. The molecule has 130 valence electrons. The van der Waals surface area contributed by atoms with Crippen LogP contribution in [0.15, 0.2) is 46.2 Å². The van der Waals surface area contributed by atoms with Crippen molar-refractivity contribution in [1.82, 2.24) is 0 Å². The molecule has 0 aliphatic heterocycles. The van der Waals surface area contributed by atoms with Crippen molar-refractivity contribution in [3.05, 3.63) is 46.4 Å². The molecule has 0 aliphatic carbocycles. The molecule has 0 aromatic heterocycles. The van der Waals surface area contributed by atoms with Crippen molar-refractivity contribution in [1.29, 1.82) is 0 Å². The third kappa shape index (κ3) is 3.94. The topological polar surface area (TPSA) is 106 Å². The maximum absolute atomic E-state index is 12.4. The van der Waals surface area contributed by atoms with Gasteiger partial charge in [0.15, 0.2) is 9.84 Å². The van der Waals surface area contributed by atoms with Crippen LogP contribution in [0.4, 0.5) is 11.4 Å². The summed E-state index contributed by atoms with van der Waals surface area (Å²) in [5.74, 6) is -0.0412. The summed E-state index contributed by atoms with van der Waals surface area (Å²) in [6, 6.07) is 7.75. The minimum Gasteiger partial charge on any atom is -0.396 e. The van der Waals surface area contributed by atoms with E-state index in [0.717, 1.165) is 0 Å². The Hall–Kier alpha value is -1.48. The lowest BCUT2D eigenvalue weighted by molar-refractivity contribution is 0.597. The van der Waals surface area contributed by atoms with E-state index in [1.165, 1.54) is 43.3 Å². The van der Waals surface area contributed by atoms with Crippen LogP contribution in [0.25, 0.3) is 0 Å². The van der Waals surface area contributed by atoms with E-state index in [9.17, 15) is 16.8 Å². The second-order valence-electron chi connectivity index (χ2n) is 4.83. The van der Waals surface area contributed by atoms with E-state index < -0.39 is 19.9 Å². The van der Waals surface area contributed by atoms with Gasteiger partial charge in [0.25, 0.3) is 10.0 Å². The van der Waals surface area contributed by atoms with Crippen molar-refractivity contribution < 1.29 is 16.8 Å². The zero-order valence-electron chi connectivity index (χ0n) is 12.5. The van der Waals surface area contributed by atoms with Crippen molar-refractivity contribution in [2.75, 3.05) is 16.2 Å². The van der Waals surface area contributed by atoms with Crippen molar-refractivity contribution in [3.63, 3.8) is 0 Å². The van der Waals surface area contributed by atoms with Crippen molar-refractivity contribution in [3.8, 4) is 0 Å². The molecule has 0 radical (unpaired) electrons. The van der Waals surface area contributed by atoms with Gasteiger partial charge in [0, 0.05) is 5.69 Å². The third-order valence-electron chi connectivity index (χ3n) is 3.21. The second-order valence-corrected chi connectivity index (χ2v) is 9.61. The van der Waals surface area contributed by atoms with Gasteiger partial charge in [-0.3, -0.25) is 4.72 Å². The first-order chi connectivity index (χ1) is 11.1. The average Bonchev–Trinajstić information content (AvgIpc) is 2.52. The van der Waals surface area contributed by atoms with Gasteiger partial charge in [0.1, 0.15) is 0 Å². The number of nitrogens with two attached hydrogens (primary N) is 1. The van der Waals surface area contributed by atoms with E-state index in [0.29, 0.717) is 0 Å². The summed E-state index contributed by atoms with van der Waals surface area (Å²) in [6.07, 6.45) is 0. The van der Waals surface area contributed by atoms with Gasteiger partial charge in [-0.05, 0) is 36.4 Å². The Kier molecular flexibility index (Phi) is 5.34. The first-order valence-corrected chi connectivity index (χ1v) is 10.6. The molecule has 6 nitrogen and oxygen atoms in total. The van der Waals surface area contributed by atoms with Gasteiger partial charge in [-0.15, -0.1) is 0 Å². The van der Waals surface area contributed by atoms with Crippen LogP contribution in [0, 0.1) is 0 Å². The molecule has 0 saturated heterocycles. The molecule has 0 fully saturated rings. The molecule has 24 heavy (non-hydrogen) atoms. The van der Waals surface area contributed by atoms with Crippen LogP contribution in [0.2, 0.25) is 10.0 Å². The summed E-state index contributed by atoms with van der Waals surface area (Å²) in [6.45, 7) is 1.53. The van der Waals surface area contributed by atoms with Crippen LogP contribution in [-0.4, -0.2) is 22.6 Å². The molecule has 0 spiro atoms. The second kappa shape index (κ2) is 6.79. The number of halogens is 2. The predicted octanol–water partition coefficient (Wildman–Crippen LogP) is 3.17. The maximum atomic E-state index is 12.4. The van der Waals surface area contributed by atoms with Crippen molar-refractivity contribution in [2.45, 2.75) is 16.7 Å². The van der Waals surface area contributed by atoms with E-state index >= 15 is 0 Å². The summed E-state index contributed by atoms with van der Waals surface area (Å²) < 4.78 is 50.6. The lowest BCUT2D eigenvalue weighted by Gasteiger charge is -2.11. The number of anilines is 2. The highest BCUT2D eigenvalue weighted by molar-refractivity contribution is 7.92. The van der Waals surface area contributed by atoms with Gasteiger partial charge in [-0.2, -0.15) is 0 Å². The van der Waals surface area contributed by atoms with E-state index in [4.69, 9.17) is 28.9 Å². The molecule has 0 aliphatic rings. The zero-order valence-corrected chi connectivity index (χ0v) is 15.6. The predicted molar refractivity (Wildman–Crippen MR) is 95.9 cm³/mol. The molecule has 2 aromatic carbocycles. The Morgan fingerprint density at radius 3 is 1.92 bits per heavy atom. The largest absolute Gasteiger partial charge is 0.396 e. The number of benzene rings is 2. The standard InChI is InChI=1S/C14H14Cl2N2O4S2/c1-2-23(19,20)10-5-3-9(4-6-10)18-24(21,22)11-7-12(15)14(17)13(16)8-11/h3-8,18H,2,17H2,1H3. The van der Waals surface area contributed by atoms with Crippen LogP contribution in [0.3, 0.4) is 0 Å². The quantitative estimate of drug-likeness (QED) is 0.738. The van der Waals surface area contributed by atoms with E-state index in [2.05, 4.69) is 4.72 Å². The first-order valence-electron chi connectivity index (χ1n) is 6.67. The Morgan fingerprint density at radius 2 is 1.46 bits per heavy atom. The monoisotopic (exact) mass is 408 g/mol. The normalized spacial score (nSPS) is 12.1. The summed E-state index contributed by atoms with van der Waals surface area (Å²) in [5, 5.41) is 0.0412. The molecule has 10 heteroatoms. The lowest BCUT2D eigenvalue weighted by atomic mass is 10.3. The van der Waals surface area contributed by atoms with E-state index in [-0.39, 0.29) is 37.0 Å². The number of nitrogen functional groups attached to an aromatic ring is 1. The molecule has 0 bridgehead atoms. The Balaban J connectivity index is 2.33. The van der Waals surface area contributed by atoms with E-state index in [1.54, 1.807) is 0 Å². The molecule has 3 N–H and O–H groups in total. The van der Waals surface area contributed by atoms with Crippen LogP contribution in [0.1, 0.15) is 6.92 Å². The number of nitrogens with one attached hydrogen (secondary N) is 1. The Morgan fingerprint density at radius 1 is 0.958 bits per heavy atom. The number of hydrogen-bond donors (Lipinski definition) is 2. The number of sulfone groups is 1. The smallest absolute Gasteiger partial charge is 0.261 e. The van der Waals surface area contributed by atoms with Crippen molar-refractivity contribution >= 4 is 54.4 Å². The number of sulfonamides is 1. The molecule has 2 aromatic rings. The summed E-state index contributed by atoms with van der Waals surface area (Å²) in [7, 11) is -7.31. The number of rotatable bonds is 5. The van der Waals surface area contributed by atoms with Gasteiger partial charge in [0.05, 0.1) is 31.3 Å². The minimum atomic E-state index is -3.95. The summed E-state index contributed by atoms with van der Waals surface area (Å²) in [4.78, 5) is -0.0384. The minimum absolute atomic E-state index is 0.0206. The summed E-state index contributed by atoms with van der Waals surface area (Å²) in [5.41, 5.74) is 5.87. The van der Waals surface area contributed by atoms with Crippen LogP contribution >= 0.6 is 23.2 Å².